The molecule has 0 aliphatic rings. The van der Waals surface area contributed by atoms with E-state index in [0.717, 1.165) is 11.4 Å². The van der Waals surface area contributed by atoms with Gasteiger partial charge in [-0.05, 0) is 114 Å². The third-order valence-electron chi connectivity index (χ3n) is 11.9. The van der Waals surface area contributed by atoms with Crippen LogP contribution in [0.3, 0.4) is 0 Å². The second-order valence-electron chi connectivity index (χ2n) is 17.7. The number of hydrogen-bond donors (Lipinski definition) is 0. The van der Waals surface area contributed by atoms with Gasteiger partial charge in [-0.1, -0.05) is 180 Å². The molecule has 2 nitrogen and oxygen atoms in total. The third kappa shape index (κ3) is 9.67. The Morgan fingerprint density at radius 1 is 0.276 bits per heavy atom. The van der Waals surface area contributed by atoms with Crippen molar-refractivity contribution < 1.29 is 0 Å². The van der Waals surface area contributed by atoms with Gasteiger partial charge in [0.25, 0.3) is 0 Å². The molecular formula is C56H64N2. The Hall–Kier alpha value is -5.34. The summed E-state index contributed by atoms with van der Waals surface area (Å²) in [4.78, 5) is 10.8. The molecule has 0 saturated carbocycles. The van der Waals surface area contributed by atoms with Crippen molar-refractivity contribution in [3.63, 3.8) is 0 Å². The van der Waals surface area contributed by atoms with Gasteiger partial charge < -0.3 is 0 Å². The smallest absolute Gasteiger partial charge is 0.0706 e. The monoisotopic (exact) mass is 765 g/mol. The Balaban J connectivity index is 1.53. The van der Waals surface area contributed by atoms with Crippen LogP contribution >= 0.6 is 0 Å². The molecule has 0 radical (unpaired) electrons. The largest absolute Gasteiger partial charge is 0.255 e. The Labute approximate surface area is 350 Å². The Morgan fingerprint density at radius 2 is 0.448 bits per heavy atom. The Kier molecular flexibility index (Phi) is 12.9. The van der Waals surface area contributed by atoms with Gasteiger partial charge in [0.2, 0.25) is 0 Å². The van der Waals surface area contributed by atoms with Gasteiger partial charge in [-0.25, -0.2) is 0 Å². The molecule has 58 heavy (non-hydrogen) atoms. The number of hydrogen-bond acceptors (Lipinski definition) is 2. The molecular weight excluding hydrogens is 701 g/mol. The molecule has 0 aliphatic heterocycles. The lowest BCUT2D eigenvalue weighted by Crippen LogP contribution is -2.05. The van der Waals surface area contributed by atoms with Gasteiger partial charge in [0, 0.05) is 36.1 Å². The van der Waals surface area contributed by atoms with E-state index in [-0.39, 0.29) is 23.7 Å². The first-order valence-corrected chi connectivity index (χ1v) is 21.2. The van der Waals surface area contributed by atoms with Crippen LogP contribution in [0.4, 0.5) is 11.4 Å². The molecule has 0 N–H and O–H groups in total. The molecule has 6 rings (SSSR count). The van der Waals surface area contributed by atoms with Crippen LogP contribution in [-0.4, -0.2) is 12.4 Å². The van der Waals surface area contributed by atoms with E-state index in [2.05, 4.69) is 194 Å². The number of aliphatic imine (C=N–C) groups is 2. The first-order valence-electron chi connectivity index (χ1n) is 21.2. The molecule has 2 heteroatoms. The standard InChI is InChI=1S/C56H64N2/c1-33-17-34(2)22-47(21-33)43(11)51-29-41(9)30-52(44(12)48-23-35(3)18-36(4)24-48)55(51)57-15-16-58-56-53(45(13)49-25-37(5)19-38(6)26-49)31-42(10)32-54(56)46(14)50-27-39(7)20-40(8)28-50/h15-32,43-46H,1-14H3/t43-,44?,45?,46?/m0/s1. The molecule has 0 saturated heterocycles. The number of rotatable bonds is 11. The van der Waals surface area contributed by atoms with E-state index in [1.807, 2.05) is 12.4 Å². The molecule has 0 aliphatic carbocycles. The highest BCUT2D eigenvalue weighted by molar-refractivity contribution is 6.17. The molecule has 3 unspecified atom stereocenters. The van der Waals surface area contributed by atoms with Gasteiger partial charge in [-0.15, -0.1) is 0 Å². The van der Waals surface area contributed by atoms with Crippen molar-refractivity contribution in [2.75, 3.05) is 0 Å². The predicted octanol–water partition coefficient (Wildman–Crippen LogP) is 15.5. The van der Waals surface area contributed by atoms with Crippen molar-refractivity contribution >= 4 is 23.8 Å². The van der Waals surface area contributed by atoms with Crippen LogP contribution in [0.25, 0.3) is 0 Å². The maximum Gasteiger partial charge on any atom is 0.0706 e. The summed E-state index contributed by atoms with van der Waals surface area (Å²) in [5, 5.41) is 0. The molecule has 0 heterocycles. The van der Waals surface area contributed by atoms with Crippen molar-refractivity contribution in [2.24, 2.45) is 9.98 Å². The number of benzene rings is 6. The zero-order chi connectivity index (χ0) is 42.0. The third-order valence-corrected chi connectivity index (χ3v) is 11.9. The van der Waals surface area contributed by atoms with Crippen molar-refractivity contribution in [2.45, 2.75) is 121 Å². The number of aryl methyl sites for hydroxylation is 10. The van der Waals surface area contributed by atoms with E-state index >= 15 is 0 Å². The van der Waals surface area contributed by atoms with E-state index in [1.54, 1.807) is 0 Å². The fraction of sp³-hybridized carbons (Fsp3) is 0.321. The van der Waals surface area contributed by atoms with Crippen LogP contribution in [-0.2, 0) is 0 Å². The summed E-state index contributed by atoms with van der Waals surface area (Å²) in [6.45, 7) is 31.3. The van der Waals surface area contributed by atoms with E-state index in [1.165, 1.54) is 100 Å². The summed E-state index contributed by atoms with van der Waals surface area (Å²) in [5.74, 6) is 0.612. The highest BCUT2D eigenvalue weighted by Gasteiger charge is 2.23. The number of nitrogens with zero attached hydrogens (tertiary/aromatic N) is 2. The van der Waals surface area contributed by atoms with Crippen LogP contribution in [0.1, 0.15) is 152 Å². The van der Waals surface area contributed by atoms with Crippen molar-refractivity contribution in [1.29, 1.82) is 0 Å². The van der Waals surface area contributed by atoms with Crippen LogP contribution in [0.15, 0.2) is 107 Å². The minimum absolute atomic E-state index is 0.153. The molecule has 0 fully saturated rings. The Morgan fingerprint density at radius 3 is 0.638 bits per heavy atom. The van der Waals surface area contributed by atoms with Gasteiger partial charge in [-0.2, -0.15) is 0 Å². The van der Waals surface area contributed by atoms with E-state index in [4.69, 9.17) is 9.98 Å². The van der Waals surface area contributed by atoms with Gasteiger partial charge >= 0.3 is 0 Å². The maximum absolute atomic E-state index is 5.40. The molecule has 0 amide bonds. The van der Waals surface area contributed by atoms with Gasteiger partial charge in [0.05, 0.1) is 11.4 Å². The van der Waals surface area contributed by atoms with E-state index < -0.39 is 0 Å². The van der Waals surface area contributed by atoms with E-state index in [0.29, 0.717) is 0 Å². The lowest BCUT2D eigenvalue weighted by molar-refractivity contribution is 0.879. The minimum atomic E-state index is 0.153. The van der Waals surface area contributed by atoms with Gasteiger partial charge in [0.1, 0.15) is 0 Å². The summed E-state index contributed by atoms with van der Waals surface area (Å²) in [5.41, 5.74) is 25.0. The molecule has 0 spiro atoms. The summed E-state index contributed by atoms with van der Waals surface area (Å²) >= 11 is 0. The Bertz CT molecular complexity index is 2110. The first kappa shape index (κ1) is 42.3. The van der Waals surface area contributed by atoms with Gasteiger partial charge in [0.15, 0.2) is 0 Å². The fourth-order valence-electron chi connectivity index (χ4n) is 9.26. The lowest BCUT2D eigenvalue weighted by Gasteiger charge is -2.23. The van der Waals surface area contributed by atoms with Crippen LogP contribution in [0.2, 0.25) is 0 Å². The topological polar surface area (TPSA) is 24.7 Å². The lowest BCUT2D eigenvalue weighted by atomic mass is 9.83. The quantitative estimate of drug-likeness (QED) is 0.117. The summed E-state index contributed by atoms with van der Waals surface area (Å²) in [6.07, 6.45) is 3.88. The highest BCUT2D eigenvalue weighted by Crippen LogP contribution is 2.43. The second-order valence-corrected chi connectivity index (χ2v) is 17.7. The molecule has 6 aromatic rings. The minimum Gasteiger partial charge on any atom is -0.255 e. The van der Waals surface area contributed by atoms with Gasteiger partial charge in [-0.3, -0.25) is 9.98 Å². The SMILES string of the molecule is Cc1cc(C)cc(C(C)c2cc(C)cc(C(C)c3cc(C)cc(C)c3)c2N=CC=Nc2c(C(C)c3cc(C)cc(C)c3)cc(C)cc2[C@@H](C)c2cc(C)cc(C)c2)c1. The van der Waals surface area contributed by atoms with E-state index in [9.17, 15) is 0 Å². The normalized spacial score (nSPS) is 14.0. The maximum atomic E-state index is 5.40. The zero-order valence-electron chi connectivity index (χ0n) is 37.6. The van der Waals surface area contributed by atoms with Crippen LogP contribution in [0, 0.1) is 69.2 Å². The molecule has 0 aromatic heterocycles. The second kappa shape index (κ2) is 17.7. The molecule has 0 bridgehead atoms. The van der Waals surface area contributed by atoms with Crippen molar-refractivity contribution in [3.05, 3.63) is 197 Å². The predicted molar refractivity (Wildman–Crippen MR) is 252 cm³/mol. The first-order chi connectivity index (χ1) is 27.5. The average molecular weight is 765 g/mol. The van der Waals surface area contributed by atoms with Crippen molar-refractivity contribution in [3.8, 4) is 0 Å². The summed E-state index contributed by atoms with van der Waals surface area (Å²) in [7, 11) is 0. The molecule has 6 aromatic carbocycles. The molecule has 4 atom stereocenters. The fourth-order valence-corrected chi connectivity index (χ4v) is 9.26. The highest BCUT2D eigenvalue weighted by atomic mass is 14.8. The average Bonchev–Trinajstić information content (AvgIpc) is 3.14. The zero-order valence-corrected chi connectivity index (χ0v) is 37.6. The summed E-state index contributed by atoms with van der Waals surface area (Å²) in [6, 6.07) is 37.0. The van der Waals surface area contributed by atoms with Crippen LogP contribution in [0.5, 0.6) is 0 Å². The van der Waals surface area contributed by atoms with Crippen molar-refractivity contribution in [1.82, 2.24) is 0 Å². The summed E-state index contributed by atoms with van der Waals surface area (Å²) < 4.78 is 0. The molecule has 298 valence electrons. The van der Waals surface area contributed by atoms with Crippen LogP contribution < -0.4 is 0 Å².